The molecule has 0 bridgehead atoms. The molecule has 0 saturated heterocycles. The van der Waals surface area contributed by atoms with E-state index < -0.39 is 12.0 Å². The summed E-state index contributed by atoms with van der Waals surface area (Å²) >= 11 is 0. The fourth-order valence-electron chi connectivity index (χ4n) is 2.94. The van der Waals surface area contributed by atoms with Crippen molar-refractivity contribution >= 4 is 22.6 Å². The van der Waals surface area contributed by atoms with Crippen molar-refractivity contribution in [3.8, 4) is 0 Å². The molecule has 0 unspecified atom stereocenters. The Hall–Kier alpha value is -3.14. The predicted octanol–water partition coefficient (Wildman–Crippen LogP) is 3.50. The molecule has 3 aromatic carbocycles. The largest absolute Gasteiger partial charge is 0.480 e. The third-order valence-electron chi connectivity index (χ3n) is 4.37. The Morgan fingerprint density at radius 1 is 0.923 bits per heavy atom. The molecular formula is C22H21NO3. The Kier molecular flexibility index (Phi) is 5.32. The van der Waals surface area contributed by atoms with Gasteiger partial charge in [0.2, 0.25) is 5.91 Å². The number of amides is 1. The van der Waals surface area contributed by atoms with Gasteiger partial charge in [-0.25, -0.2) is 4.79 Å². The average molecular weight is 347 g/mol. The van der Waals surface area contributed by atoms with Gasteiger partial charge in [0.25, 0.3) is 0 Å². The molecule has 0 aromatic heterocycles. The van der Waals surface area contributed by atoms with E-state index in [-0.39, 0.29) is 18.7 Å². The van der Waals surface area contributed by atoms with E-state index in [9.17, 15) is 14.7 Å². The van der Waals surface area contributed by atoms with Crippen LogP contribution in [0, 0.1) is 6.92 Å². The first-order valence-electron chi connectivity index (χ1n) is 8.56. The summed E-state index contributed by atoms with van der Waals surface area (Å²) < 4.78 is 0. The molecule has 0 aliphatic carbocycles. The molecule has 0 heterocycles. The van der Waals surface area contributed by atoms with Crippen LogP contribution in [-0.2, 0) is 22.4 Å². The number of fused-ring (bicyclic) bond motifs is 1. The highest BCUT2D eigenvalue weighted by molar-refractivity contribution is 5.87. The quantitative estimate of drug-likeness (QED) is 0.717. The average Bonchev–Trinajstić information content (AvgIpc) is 2.62. The van der Waals surface area contributed by atoms with Crippen molar-refractivity contribution in [1.29, 1.82) is 0 Å². The maximum atomic E-state index is 12.3. The van der Waals surface area contributed by atoms with Crippen LogP contribution in [0.1, 0.15) is 16.7 Å². The summed E-state index contributed by atoms with van der Waals surface area (Å²) in [7, 11) is 0. The van der Waals surface area contributed by atoms with Crippen LogP contribution in [0.25, 0.3) is 10.8 Å². The Labute approximate surface area is 152 Å². The lowest BCUT2D eigenvalue weighted by atomic mass is 10.0. The van der Waals surface area contributed by atoms with Gasteiger partial charge >= 0.3 is 5.97 Å². The number of hydrogen-bond donors (Lipinski definition) is 2. The van der Waals surface area contributed by atoms with Crippen LogP contribution in [0.3, 0.4) is 0 Å². The van der Waals surface area contributed by atoms with Crippen molar-refractivity contribution in [2.75, 3.05) is 0 Å². The van der Waals surface area contributed by atoms with Gasteiger partial charge in [0.15, 0.2) is 0 Å². The van der Waals surface area contributed by atoms with Crippen molar-refractivity contribution in [2.24, 2.45) is 0 Å². The molecule has 4 heteroatoms. The zero-order valence-electron chi connectivity index (χ0n) is 14.6. The number of carboxylic acids is 1. The topological polar surface area (TPSA) is 66.4 Å². The molecule has 0 spiro atoms. The normalized spacial score (nSPS) is 11.9. The lowest BCUT2D eigenvalue weighted by Crippen LogP contribution is -2.43. The molecule has 4 nitrogen and oxygen atoms in total. The third-order valence-corrected chi connectivity index (χ3v) is 4.37. The summed E-state index contributed by atoms with van der Waals surface area (Å²) in [6.07, 6.45) is 0.418. The second-order valence-corrected chi connectivity index (χ2v) is 6.51. The van der Waals surface area contributed by atoms with Crippen LogP contribution in [0.4, 0.5) is 0 Å². The van der Waals surface area contributed by atoms with Crippen LogP contribution < -0.4 is 5.32 Å². The van der Waals surface area contributed by atoms with Gasteiger partial charge in [0.1, 0.15) is 6.04 Å². The molecule has 26 heavy (non-hydrogen) atoms. The van der Waals surface area contributed by atoms with Crippen LogP contribution in [0.2, 0.25) is 0 Å². The van der Waals surface area contributed by atoms with E-state index in [0.717, 1.165) is 27.5 Å². The second-order valence-electron chi connectivity index (χ2n) is 6.51. The number of carboxylic acid groups (broad SMARTS) is 1. The molecule has 1 amide bonds. The number of carbonyl (C=O) groups is 2. The Balaban J connectivity index is 1.67. The smallest absolute Gasteiger partial charge is 0.326 e. The summed E-state index contributed by atoms with van der Waals surface area (Å²) in [5, 5.41) is 14.2. The summed E-state index contributed by atoms with van der Waals surface area (Å²) in [4.78, 5) is 23.9. The highest BCUT2D eigenvalue weighted by Gasteiger charge is 2.20. The van der Waals surface area contributed by atoms with E-state index >= 15 is 0 Å². The fourth-order valence-corrected chi connectivity index (χ4v) is 2.94. The van der Waals surface area contributed by atoms with E-state index in [1.165, 1.54) is 0 Å². The van der Waals surface area contributed by atoms with Crippen LogP contribution in [0.5, 0.6) is 0 Å². The standard InChI is InChI=1S/C22H21NO3/c1-15-6-8-16(9-7-15)13-20(22(25)26)23-21(24)14-17-10-11-18-4-2-3-5-19(18)12-17/h2-12,20H,13-14H2,1H3,(H,23,24)(H,25,26)/t20-/m1/s1. The lowest BCUT2D eigenvalue weighted by Gasteiger charge is -2.15. The zero-order chi connectivity index (χ0) is 18.5. The summed E-state index contributed by atoms with van der Waals surface area (Å²) in [5.41, 5.74) is 2.86. The molecule has 0 aliphatic heterocycles. The van der Waals surface area contributed by atoms with E-state index in [1.807, 2.05) is 73.7 Å². The number of aliphatic carboxylic acids is 1. The van der Waals surface area contributed by atoms with Crippen LogP contribution in [-0.4, -0.2) is 23.0 Å². The molecule has 2 N–H and O–H groups in total. The van der Waals surface area contributed by atoms with E-state index in [2.05, 4.69) is 5.32 Å². The zero-order valence-corrected chi connectivity index (χ0v) is 14.6. The first kappa shape index (κ1) is 17.7. The number of rotatable bonds is 6. The first-order valence-corrected chi connectivity index (χ1v) is 8.56. The van der Waals surface area contributed by atoms with Crippen molar-refractivity contribution in [1.82, 2.24) is 5.32 Å². The Morgan fingerprint density at radius 2 is 1.58 bits per heavy atom. The van der Waals surface area contributed by atoms with Crippen molar-refractivity contribution < 1.29 is 14.7 Å². The molecule has 0 fully saturated rings. The van der Waals surface area contributed by atoms with Gasteiger partial charge in [-0.15, -0.1) is 0 Å². The van der Waals surface area contributed by atoms with Gasteiger partial charge in [-0.1, -0.05) is 72.3 Å². The SMILES string of the molecule is Cc1ccc(C[C@@H](NC(=O)Cc2ccc3ccccc3c2)C(=O)O)cc1. The van der Waals surface area contributed by atoms with Crippen molar-refractivity contribution in [3.05, 3.63) is 83.4 Å². The molecular weight excluding hydrogens is 326 g/mol. The maximum absolute atomic E-state index is 12.3. The Morgan fingerprint density at radius 3 is 2.27 bits per heavy atom. The molecule has 0 aliphatic rings. The molecule has 3 aromatic rings. The minimum absolute atomic E-state index is 0.155. The predicted molar refractivity (Wildman–Crippen MR) is 102 cm³/mol. The number of nitrogens with one attached hydrogen (secondary N) is 1. The minimum atomic E-state index is -1.03. The first-order chi connectivity index (χ1) is 12.5. The van der Waals surface area contributed by atoms with E-state index in [1.54, 1.807) is 0 Å². The van der Waals surface area contributed by atoms with Crippen molar-refractivity contribution in [2.45, 2.75) is 25.8 Å². The number of hydrogen-bond acceptors (Lipinski definition) is 2. The van der Waals surface area contributed by atoms with Crippen molar-refractivity contribution in [3.63, 3.8) is 0 Å². The van der Waals surface area contributed by atoms with Gasteiger partial charge in [-0.3, -0.25) is 4.79 Å². The summed E-state index contributed by atoms with van der Waals surface area (Å²) in [5.74, 6) is -1.32. The Bertz CT molecular complexity index is 932. The monoisotopic (exact) mass is 347 g/mol. The van der Waals surface area contributed by atoms with Gasteiger partial charge in [0.05, 0.1) is 6.42 Å². The van der Waals surface area contributed by atoms with Gasteiger partial charge < -0.3 is 10.4 Å². The molecule has 1 atom stereocenters. The molecule has 0 radical (unpaired) electrons. The number of benzene rings is 3. The molecule has 132 valence electrons. The number of aryl methyl sites for hydroxylation is 1. The summed E-state index contributed by atoms with van der Waals surface area (Å²) in [6.45, 7) is 1.98. The van der Waals surface area contributed by atoms with Gasteiger partial charge in [0, 0.05) is 6.42 Å². The number of carbonyl (C=O) groups excluding carboxylic acids is 1. The second kappa shape index (κ2) is 7.83. The van der Waals surface area contributed by atoms with Crippen LogP contribution >= 0.6 is 0 Å². The highest BCUT2D eigenvalue weighted by Crippen LogP contribution is 2.16. The lowest BCUT2D eigenvalue weighted by molar-refractivity contribution is -0.141. The van der Waals surface area contributed by atoms with E-state index in [0.29, 0.717) is 0 Å². The van der Waals surface area contributed by atoms with E-state index in [4.69, 9.17) is 0 Å². The summed E-state index contributed by atoms with van der Waals surface area (Å²) in [6, 6.07) is 20.5. The third kappa shape index (κ3) is 4.48. The van der Waals surface area contributed by atoms with Gasteiger partial charge in [-0.2, -0.15) is 0 Å². The van der Waals surface area contributed by atoms with Crippen LogP contribution in [0.15, 0.2) is 66.7 Å². The van der Waals surface area contributed by atoms with Gasteiger partial charge in [-0.05, 0) is 28.8 Å². The molecule has 3 rings (SSSR count). The fraction of sp³-hybridized carbons (Fsp3) is 0.182. The minimum Gasteiger partial charge on any atom is -0.480 e. The maximum Gasteiger partial charge on any atom is 0.326 e. The highest BCUT2D eigenvalue weighted by atomic mass is 16.4. The molecule has 0 saturated carbocycles.